The number of nitrogens with one attached hydrogen (secondary N) is 1. The summed E-state index contributed by atoms with van der Waals surface area (Å²) >= 11 is 0. The lowest BCUT2D eigenvalue weighted by Crippen LogP contribution is -1.95. The Morgan fingerprint density at radius 1 is 1.33 bits per heavy atom. The van der Waals surface area contributed by atoms with Gasteiger partial charge in [0.05, 0.1) is 11.3 Å². The predicted octanol–water partition coefficient (Wildman–Crippen LogP) is 2.39. The normalized spacial score (nSPS) is 10.9. The number of hydrogen-bond acceptors (Lipinski definition) is 5. The van der Waals surface area contributed by atoms with E-state index < -0.39 is 11.6 Å². The van der Waals surface area contributed by atoms with Crippen LogP contribution < -0.4 is 5.63 Å². The minimum absolute atomic E-state index is 0.0128. The van der Waals surface area contributed by atoms with E-state index in [4.69, 9.17) is 5.11 Å². The molecule has 0 saturated carbocycles. The smallest absolute Gasteiger partial charge is 0.384 e. The Balaban J connectivity index is 2.41. The first-order valence-electron chi connectivity index (χ1n) is 5.01. The molecule has 0 atom stereocenters. The molecule has 7 heteroatoms. The van der Waals surface area contributed by atoms with Crippen molar-refractivity contribution in [2.24, 2.45) is 10.2 Å². The number of H-pyrrole nitrogens is 1. The number of carbonyl (C=O) groups is 1. The zero-order valence-electron chi connectivity index (χ0n) is 9.38. The van der Waals surface area contributed by atoms with E-state index in [2.05, 4.69) is 19.9 Å². The van der Waals surface area contributed by atoms with Crippen molar-refractivity contribution in [3.05, 3.63) is 45.9 Å². The maximum atomic E-state index is 11.2. The van der Waals surface area contributed by atoms with E-state index in [0.717, 1.165) is 0 Å². The van der Waals surface area contributed by atoms with Crippen LogP contribution in [0.15, 0.2) is 43.8 Å². The number of rotatable bonds is 3. The molecule has 2 rings (SSSR count). The summed E-state index contributed by atoms with van der Waals surface area (Å²) in [5, 5.41) is 18.8. The van der Waals surface area contributed by atoms with Crippen LogP contribution in [0.3, 0.4) is 0 Å². The summed E-state index contributed by atoms with van der Waals surface area (Å²) < 4.78 is 4.51. The van der Waals surface area contributed by atoms with Crippen molar-refractivity contribution in [2.45, 2.75) is 6.92 Å². The Morgan fingerprint density at radius 2 is 2.06 bits per heavy atom. The van der Waals surface area contributed by atoms with Gasteiger partial charge in [-0.3, -0.25) is 0 Å². The molecule has 0 amide bonds. The third kappa shape index (κ3) is 2.19. The molecule has 2 aromatic rings. The average Bonchev–Trinajstić information content (AvgIpc) is 2.67. The van der Waals surface area contributed by atoms with Gasteiger partial charge in [0.1, 0.15) is 5.69 Å². The molecule has 0 aliphatic rings. The number of nitrogens with zero attached hydrogens (tertiary/aromatic N) is 2. The van der Waals surface area contributed by atoms with Gasteiger partial charge in [-0.25, -0.2) is 14.7 Å². The Labute approximate surface area is 101 Å². The number of aromatic carboxylic acids is 1. The van der Waals surface area contributed by atoms with Crippen molar-refractivity contribution in [3.8, 4) is 0 Å². The summed E-state index contributed by atoms with van der Waals surface area (Å²) in [6.45, 7) is 1.60. The summed E-state index contributed by atoms with van der Waals surface area (Å²) in [7, 11) is 0. The molecule has 0 bridgehead atoms. The highest BCUT2D eigenvalue weighted by atomic mass is 16.5. The molecule has 2 N–H and O–H groups in total. The zero-order valence-corrected chi connectivity index (χ0v) is 9.38. The van der Waals surface area contributed by atoms with E-state index >= 15 is 0 Å². The van der Waals surface area contributed by atoms with Crippen molar-refractivity contribution in [3.63, 3.8) is 0 Å². The van der Waals surface area contributed by atoms with Crippen LogP contribution in [-0.4, -0.2) is 16.2 Å². The number of hydrogen-bond donors (Lipinski definition) is 2. The minimum Gasteiger partial charge on any atom is -0.478 e. The van der Waals surface area contributed by atoms with Gasteiger partial charge in [0, 0.05) is 0 Å². The van der Waals surface area contributed by atoms with E-state index in [-0.39, 0.29) is 16.9 Å². The van der Waals surface area contributed by atoms with Gasteiger partial charge >= 0.3 is 11.6 Å². The standard InChI is InChI=1S/C11H9N3O4/c1-6-9(11(17)18-14-6)13-12-8-5-3-2-4-7(8)10(15)16/h2-5,14H,1H3,(H,15,16). The lowest BCUT2D eigenvalue weighted by Gasteiger charge is -1.97. The van der Waals surface area contributed by atoms with Crippen LogP contribution in [0.5, 0.6) is 0 Å². The van der Waals surface area contributed by atoms with Crippen molar-refractivity contribution in [1.29, 1.82) is 0 Å². The molecule has 0 spiro atoms. The van der Waals surface area contributed by atoms with Gasteiger partial charge in [-0.05, 0) is 19.1 Å². The maximum Gasteiger partial charge on any atom is 0.384 e. The van der Waals surface area contributed by atoms with E-state index in [1.807, 2.05) is 0 Å². The van der Waals surface area contributed by atoms with E-state index in [1.54, 1.807) is 19.1 Å². The SMILES string of the molecule is Cc1[nH]oc(=O)c1N=Nc1ccccc1C(=O)O. The van der Waals surface area contributed by atoms with Crippen LogP contribution in [0.1, 0.15) is 16.1 Å². The average molecular weight is 247 g/mol. The van der Waals surface area contributed by atoms with Crippen molar-refractivity contribution in [2.75, 3.05) is 0 Å². The summed E-state index contributed by atoms with van der Waals surface area (Å²) in [6.07, 6.45) is 0. The van der Waals surface area contributed by atoms with Crippen LogP contribution >= 0.6 is 0 Å². The molecule has 0 saturated heterocycles. The Kier molecular flexibility index (Phi) is 3.05. The second-order valence-corrected chi connectivity index (χ2v) is 3.49. The summed E-state index contributed by atoms with van der Waals surface area (Å²) in [5.41, 5.74) is -0.0142. The number of carboxylic acids is 1. The molecular weight excluding hydrogens is 238 g/mol. The van der Waals surface area contributed by atoms with Crippen LogP contribution in [0.4, 0.5) is 11.4 Å². The van der Waals surface area contributed by atoms with Gasteiger partial charge in [-0.2, -0.15) is 0 Å². The summed E-state index contributed by atoms with van der Waals surface area (Å²) in [6, 6.07) is 6.12. The van der Waals surface area contributed by atoms with Crippen LogP contribution in [0, 0.1) is 6.92 Å². The number of aryl methyl sites for hydroxylation is 1. The van der Waals surface area contributed by atoms with E-state index in [9.17, 15) is 9.59 Å². The highest BCUT2D eigenvalue weighted by Crippen LogP contribution is 2.21. The highest BCUT2D eigenvalue weighted by molar-refractivity contribution is 5.93. The molecule has 0 aliphatic heterocycles. The first-order chi connectivity index (χ1) is 8.59. The van der Waals surface area contributed by atoms with Crippen LogP contribution in [0.25, 0.3) is 0 Å². The first kappa shape index (κ1) is 11.8. The lowest BCUT2D eigenvalue weighted by molar-refractivity contribution is 0.0698. The number of benzene rings is 1. The first-order valence-corrected chi connectivity index (χ1v) is 5.01. The molecule has 1 aromatic carbocycles. The molecule has 0 aliphatic carbocycles. The maximum absolute atomic E-state index is 11.2. The molecule has 0 unspecified atom stereocenters. The van der Waals surface area contributed by atoms with Gasteiger partial charge in [0.25, 0.3) is 0 Å². The van der Waals surface area contributed by atoms with Gasteiger partial charge in [-0.1, -0.05) is 12.1 Å². The van der Waals surface area contributed by atoms with Gasteiger partial charge < -0.3 is 9.63 Å². The highest BCUT2D eigenvalue weighted by Gasteiger charge is 2.10. The number of aromatic amines is 1. The lowest BCUT2D eigenvalue weighted by atomic mass is 10.2. The van der Waals surface area contributed by atoms with E-state index in [0.29, 0.717) is 5.69 Å². The molecule has 1 heterocycles. The van der Waals surface area contributed by atoms with Crippen LogP contribution in [-0.2, 0) is 0 Å². The second-order valence-electron chi connectivity index (χ2n) is 3.49. The largest absolute Gasteiger partial charge is 0.478 e. The molecule has 1 aromatic heterocycles. The molecule has 0 radical (unpaired) electrons. The second kappa shape index (κ2) is 4.66. The van der Waals surface area contributed by atoms with Crippen LogP contribution in [0.2, 0.25) is 0 Å². The molecule has 18 heavy (non-hydrogen) atoms. The summed E-state index contributed by atoms with van der Waals surface area (Å²) in [4.78, 5) is 22.1. The Bertz CT molecular complexity index is 669. The number of aromatic nitrogens is 1. The fourth-order valence-electron chi connectivity index (χ4n) is 1.33. The molecular formula is C11H9N3O4. The minimum atomic E-state index is -1.11. The third-order valence-electron chi connectivity index (χ3n) is 2.24. The van der Waals surface area contributed by atoms with Gasteiger partial charge in [0.15, 0.2) is 5.69 Å². The van der Waals surface area contributed by atoms with Crippen molar-refractivity contribution in [1.82, 2.24) is 5.16 Å². The van der Waals surface area contributed by atoms with Gasteiger partial charge in [-0.15, -0.1) is 10.2 Å². The Hall–Kier alpha value is -2.70. The molecule has 92 valence electrons. The molecule has 0 fully saturated rings. The monoisotopic (exact) mass is 247 g/mol. The van der Waals surface area contributed by atoms with Crippen molar-refractivity contribution >= 4 is 17.3 Å². The third-order valence-corrected chi connectivity index (χ3v) is 2.24. The molecule has 7 nitrogen and oxygen atoms in total. The van der Waals surface area contributed by atoms with Gasteiger partial charge in [0.2, 0.25) is 0 Å². The fourth-order valence-corrected chi connectivity index (χ4v) is 1.33. The van der Waals surface area contributed by atoms with Crippen molar-refractivity contribution < 1.29 is 14.4 Å². The fraction of sp³-hybridized carbons (Fsp3) is 0.0909. The quantitative estimate of drug-likeness (QED) is 0.811. The van der Waals surface area contributed by atoms with E-state index in [1.165, 1.54) is 12.1 Å². The topological polar surface area (TPSA) is 108 Å². The predicted molar refractivity (Wildman–Crippen MR) is 61.6 cm³/mol. The Morgan fingerprint density at radius 3 is 2.67 bits per heavy atom. The zero-order chi connectivity index (χ0) is 13.1. The number of carboxylic acid groups (broad SMARTS) is 1. The number of azo groups is 1. The summed E-state index contributed by atoms with van der Waals surface area (Å²) in [5.74, 6) is -1.11.